The number of aromatic amines is 1. The fourth-order valence-corrected chi connectivity index (χ4v) is 9.90. The highest BCUT2D eigenvalue weighted by Crippen LogP contribution is 2.53. The first-order valence-corrected chi connectivity index (χ1v) is 20.9. The number of benzene rings is 1. The number of carbonyl (C=O) groups excluding carboxylic acids is 1. The van der Waals surface area contributed by atoms with Crippen LogP contribution >= 0.6 is 11.8 Å². The van der Waals surface area contributed by atoms with Crippen LogP contribution in [0.4, 0.5) is 5.82 Å². The van der Waals surface area contributed by atoms with Crippen LogP contribution in [0.3, 0.4) is 0 Å². The number of morpholine rings is 1. The number of pyridine rings is 2. The van der Waals surface area contributed by atoms with E-state index in [9.17, 15) is 9.59 Å². The maximum absolute atomic E-state index is 14.1. The van der Waals surface area contributed by atoms with E-state index in [-0.39, 0.29) is 36.1 Å². The first kappa shape index (κ1) is 37.8. The molecule has 4 heterocycles. The summed E-state index contributed by atoms with van der Waals surface area (Å²) >= 11 is 1.50. The molecule has 2 aliphatic carbocycles. The molecule has 2 aliphatic heterocycles. The average molecular weight is 744 g/mol. The van der Waals surface area contributed by atoms with Crippen molar-refractivity contribution in [3.8, 4) is 22.6 Å². The lowest BCUT2D eigenvalue weighted by atomic mass is 9.80. The molecule has 0 bridgehead atoms. The molecule has 1 amide bonds. The van der Waals surface area contributed by atoms with E-state index in [1.54, 1.807) is 0 Å². The van der Waals surface area contributed by atoms with Crippen LogP contribution in [0.25, 0.3) is 11.1 Å². The molecule has 1 saturated heterocycles. The molecule has 0 spiro atoms. The van der Waals surface area contributed by atoms with Crippen LogP contribution in [-0.2, 0) is 11.3 Å². The smallest absolute Gasteiger partial charge is 0.254 e. The third kappa shape index (κ3) is 7.85. The predicted molar refractivity (Wildman–Crippen MR) is 211 cm³/mol. The van der Waals surface area contributed by atoms with Gasteiger partial charge in [0.05, 0.1) is 12.2 Å². The van der Waals surface area contributed by atoms with Gasteiger partial charge in [0, 0.05) is 89.2 Å². The Morgan fingerprint density at radius 2 is 1.68 bits per heavy atom. The normalized spacial score (nSPS) is 26.2. The summed E-state index contributed by atoms with van der Waals surface area (Å²) in [5, 5.41) is 3.04. The molecule has 1 unspecified atom stereocenters. The molecule has 11 heteroatoms. The van der Waals surface area contributed by atoms with E-state index >= 15 is 0 Å². The molecule has 286 valence electrons. The van der Waals surface area contributed by atoms with Gasteiger partial charge in [0.15, 0.2) is 11.5 Å². The second-order valence-corrected chi connectivity index (χ2v) is 16.9. The molecule has 3 atom stereocenters. The number of hydrogen-bond acceptors (Lipinski definition) is 9. The summed E-state index contributed by atoms with van der Waals surface area (Å²) in [7, 11) is 2.33. The van der Waals surface area contributed by atoms with E-state index in [2.05, 4.69) is 54.0 Å². The Bertz CT molecular complexity index is 1840. The van der Waals surface area contributed by atoms with Gasteiger partial charge in [0.2, 0.25) is 0 Å². The third-order valence-electron chi connectivity index (χ3n) is 12.2. The summed E-state index contributed by atoms with van der Waals surface area (Å²) in [6.45, 7) is 11.7. The van der Waals surface area contributed by atoms with Gasteiger partial charge in [-0.3, -0.25) is 9.59 Å². The summed E-state index contributed by atoms with van der Waals surface area (Å²) in [5.41, 5.74) is 3.96. The van der Waals surface area contributed by atoms with E-state index in [0.717, 1.165) is 71.9 Å². The molecule has 3 fully saturated rings. The second kappa shape index (κ2) is 15.7. The van der Waals surface area contributed by atoms with Gasteiger partial charge >= 0.3 is 0 Å². The van der Waals surface area contributed by atoms with Crippen LogP contribution < -0.4 is 25.2 Å². The van der Waals surface area contributed by atoms with Gasteiger partial charge in [-0.1, -0.05) is 19.3 Å². The maximum Gasteiger partial charge on any atom is 0.254 e. The first-order valence-electron chi connectivity index (χ1n) is 19.6. The SMILES string of the molecule is CSc1cc(C)[nH]c(=O)c1CNC(=O)c1cc(-c2ccc(N3C[C@@H](C)O[C@@H](C)C3)nc2)c2c(c1C)OC(C)(C1CCC(N(C)C3CCCCC3)CC1)O2. The van der Waals surface area contributed by atoms with Crippen molar-refractivity contribution in [2.24, 2.45) is 5.92 Å². The van der Waals surface area contributed by atoms with Crippen molar-refractivity contribution < 1.29 is 19.0 Å². The van der Waals surface area contributed by atoms with Gasteiger partial charge in [-0.05, 0) is 104 Å². The number of rotatable bonds is 9. The van der Waals surface area contributed by atoms with Gasteiger partial charge in [-0.15, -0.1) is 11.8 Å². The largest absolute Gasteiger partial charge is 0.448 e. The molecule has 2 N–H and O–H groups in total. The fourth-order valence-electron chi connectivity index (χ4n) is 9.19. The predicted octanol–water partition coefficient (Wildman–Crippen LogP) is 7.63. The molecule has 2 saturated carbocycles. The number of amides is 1. The second-order valence-electron chi connectivity index (χ2n) is 16.0. The zero-order valence-electron chi connectivity index (χ0n) is 32.5. The summed E-state index contributed by atoms with van der Waals surface area (Å²) in [6.07, 6.45) is 15.0. The Morgan fingerprint density at radius 3 is 2.34 bits per heavy atom. The molecule has 7 rings (SSSR count). The summed E-state index contributed by atoms with van der Waals surface area (Å²) in [4.78, 5) is 40.5. The van der Waals surface area contributed by atoms with Crippen molar-refractivity contribution in [2.75, 3.05) is 31.3 Å². The molecule has 1 aromatic carbocycles. The van der Waals surface area contributed by atoms with Crippen LogP contribution in [0, 0.1) is 19.8 Å². The van der Waals surface area contributed by atoms with E-state index < -0.39 is 5.79 Å². The minimum atomic E-state index is -0.860. The van der Waals surface area contributed by atoms with Crippen LogP contribution in [0.1, 0.15) is 106 Å². The molecule has 53 heavy (non-hydrogen) atoms. The minimum absolute atomic E-state index is 0.108. The lowest BCUT2D eigenvalue weighted by Crippen LogP contribution is -2.48. The lowest BCUT2D eigenvalue weighted by Gasteiger charge is -2.43. The van der Waals surface area contributed by atoms with E-state index in [4.69, 9.17) is 19.2 Å². The number of thioether (sulfide) groups is 1. The van der Waals surface area contributed by atoms with E-state index in [0.29, 0.717) is 34.7 Å². The van der Waals surface area contributed by atoms with Crippen molar-refractivity contribution in [1.82, 2.24) is 20.2 Å². The highest BCUT2D eigenvalue weighted by Gasteiger charge is 2.48. The monoisotopic (exact) mass is 743 g/mol. The van der Waals surface area contributed by atoms with Gasteiger partial charge in [0.1, 0.15) is 5.82 Å². The number of nitrogens with one attached hydrogen (secondary N) is 2. The molecule has 3 aromatic rings. The topological polar surface area (TPSA) is 109 Å². The molecule has 4 aliphatic rings. The quantitative estimate of drug-likeness (QED) is 0.214. The Hall–Kier alpha value is -3.54. The zero-order valence-corrected chi connectivity index (χ0v) is 33.4. The van der Waals surface area contributed by atoms with Crippen LogP contribution in [0.15, 0.2) is 40.2 Å². The highest BCUT2D eigenvalue weighted by atomic mass is 32.2. The molecule has 2 aromatic heterocycles. The number of nitrogens with zero attached hydrogens (tertiary/aromatic N) is 3. The van der Waals surface area contributed by atoms with Crippen molar-refractivity contribution in [1.29, 1.82) is 0 Å². The Kier molecular flexibility index (Phi) is 11.2. The van der Waals surface area contributed by atoms with E-state index in [1.807, 2.05) is 44.5 Å². The molecular weight excluding hydrogens is 687 g/mol. The first-order chi connectivity index (χ1) is 25.4. The minimum Gasteiger partial charge on any atom is -0.448 e. The van der Waals surface area contributed by atoms with E-state index in [1.165, 1.54) is 43.9 Å². The van der Waals surface area contributed by atoms with Gasteiger partial charge in [0.25, 0.3) is 17.3 Å². The average Bonchev–Trinajstić information content (AvgIpc) is 3.53. The van der Waals surface area contributed by atoms with Gasteiger partial charge in [-0.2, -0.15) is 0 Å². The van der Waals surface area contributed by atoms with Gasteiger partial charge < -0.3 is 34.3 Å². The molecule has 10 nitrogen and oxygen atoms in total. The lowest BCUT2D eigenvalue weighted by molar-refractivity contribution is -0.124. The zero-order chi connectivity index (χ0) is 37.4. The van der Waals surface area contributed by atoms with Crippen molar-refractivity contribution >= 4 is 23.5 Å². The number of aromatic nitrogens is 2. The number of H-pyrrole nitrogens is 1. The van der Waals surface area contributed by atoms with Crippen molar-refractivity contribution in [3.63, 3.8) is 0 Å². The van der Waals surface area contributed by atoms with Crippen LogP contribution in [-0.4, -0.2) is 77.2 Å². The maximum atomic E-state index is 14.1. The molecule has 0 radical (unpaired) electrons. The van der Waals surface area contributed by atoms with Gasteiger partial charge in [-0.25, -0.2) is 4.98 Å². The molecular formula is C42H57N5O5S. The number of anilines is 1. The standard InChI is InChI=1S/C42H57N5O5S/c1-25-19-36(53-7)35(41(49)45-25)22-44-40(48)33-20-34(29-13-18-37(43-21-29)47-23-26(2)50-27(3)24-47)39-38(28(33)4)51-42(5,52-39)30-14-16-32(17-15-30)46(6)31-11-9-8-10-12-31/h13,18-21,26-27,30-32H,8-12,14-17,22-24H2,1-7H3,(H,44,48)(H,45,49)/t26-,27+,30?,32?,42?. The summed E-state index contributed by atoms with van der Waals surface area (Å²) in [5.74, 6) is 1.23. The third-order valence-corrected chi connectivity index (χ3v) is 13.0. The highest BCUT2D eigenvalue weighted by molar-refractivity contribution is 7.98. The number of ether oxygens (including phenoxy) is 3. The number of hydrogen-bond donors (Lipinski definition) is 2. The Morgan fingerprint density at radius 1 is 1.00 bits per heavy atom. The fraction of sp³-hybridized carbons (Fsp3) is 0.595. The van der Waals surface area contributed by atoms with Crippen LogP contribution in [0.5, 0.6) is 11.5 Å². The summed E-state index contributed by atoms with van der Waals surface area (Å²) in [6, 6.07) is 9.23. The van der Waals surface area contributed by atoms with Crippen molar-refractivity contribution in [2.45, 2.75) is 134 Å². The van der Waals surface area contributed by atoms with Crippen molar-refractivity contribution in [3.05, 3.63) is 63.2 Å². The number of aryl methyl sites for hydroxylation is 1. The Balaban J connectivity index is 1.17. The number of carbonyl (C=O) groups is 1. The van der Waals surface area contributed by atoms with Crippen LogP contribution in [0.2, 0.25) is 0 Å². The summed E-state index contributed by atoms with van der Waals surface area (Å²) < 4.78 is 19.8. The Labute approximate surface area is 318 Å². The number of fused-ring (bicyclic) bond motifs is 1.